The van der Waals surface area contributed by atoms with Gasteiger partial charge in [0.2, 0.25) is 0 Å². The van der Waals surface area contributed by atoms with Crippen LogP contribution in [0.4, 0.5) is 0 Å². The largest absolute Gasteiger partial charge is 0.304 e. The van der Waals surface area contributed by atoms with Crippen LogP contribution in [0, 0.1) is 0 Å². The van der Waals surface area contributed by atoms with E-state index in [0.717, 1.165) is 6.04 Å². The summed E-state index contributed by atoms with van der Waals surface area (Å²) in [6.45, 7) is 4.79. The summed E-state index contributed by atoms with van der Waals surface area (Å²) in [5, 5.41) is 2.48. The Morgan fingerprint density at radius 2 is 1.10 bits per heavy atom. The molecule has 3 heteroatoms. The molecule has 3 nitrogen and oxygen atoms in total. The number of likely N-dealkylation sites (N-methyl/N-ethyl adjacent to an activating group) is 1. The second-order valence-electron chi connectivity index (χ2n) is 6.88. The zero-order valence-electron chi connectivity index (χ0n) is 13.6. The van der Waals surface area contributed by atoms with E-state index in [9.17, 15) is 0 Å². The molecule has 20 heavy (non-hydrogen) atoms. The van der Waals surface area contributed by atoms with E-state index in [1.807, 2.05) is 0 Å². The molecule has 0 aromatic carbocycles. The third-order valence-corrected chi connectivity index (χ3v) is 4.97. The molecule has 1 heterocycles. The molecule has 0 aromatic heterocycles. The summed E-state index contributed by atoms with van der Waals surface area (Å²) in [7, 11) is 2.23. The van der Waals surface area contributed by atoms with Gasteiger partial charge in [-0.2, -0.15) is 0 Å². The highest BCUT2D eigenvalue weighted by Crippen LogP contribution is 2.17. The van der Waals surface area contributed by atoms with Gasteiger partial charge in [0.1, 0.15) is 0 Å². The van der Waals surface area contributed by atoms with Crippen LogP contribution in [0.15, 0.2) is 0 Å². The van der Waals surface area contributed by atoms with Crippen LogP contribution in [-0.2, 0) is 0 Å². The summed E-state index contributed by atoms with van der Waals surface area (Å²) in [6.07, 6.45) is 15.8. The van der Waals surface area contributed by atoms with Crippen LogP contribution in [-0.4, -0.2) is 49.2 Å². The lowest BCUT2D eigenvalue weighted by Crippen LogP contribution is -2.53. The summed E-state index contributed by atoms with van der Waals surface area (Å²) in [6, 6.07) is 0.734. The third kappa shape index (κ3) is 6.55. The van der Waals surface area contributed by atoms with Gasteiger partial charge in [0.25, 0.3) is 0 Å². The van der Waals surface area contributed by atoms with E-state index in [0.29, 0.717) is 0 Å². The molecule has 2 aliphatic rings. The SMILES string of the molecule is CN1CCN(NC2CCCCCCCCCCC2)CC1. The third-order valence-electron chi connectivity index (χ3n) is 4.97. The van der Waals surface area contributed by atoms with Gasteiger partial charge >= 0.3 is 0 Å². The zero-order chi connectivity index (χ0) is 14.0. The highest BCUT2D eigenvalue weighted by molar-refractivity contribution is 4.72. The first-order valence-electron chi connectivity index (χ1n) is 9.04. The second kappa shape index (κ2) is 9.75. The Balaban J connectivity index is 1.71. The highest BCUT2D eigenvalue weighted by atomic mass is 15.5. The molecule has 0 aromatic rings. The molecule has 1 aliphatic carbocycles. The highest BCUT2D eigenvalue weighted by Gasteiger charge is 2.17. The van der Waals surface area contributed by atoms with Crippen LogP contribution < -0.4 is 5.43 Å². The van der Waals surface area contributed by atoms with Crippen LogP contribution in [0.1, 0.15) is 70.6 Å². The number of hydrazine groups is 1. The smallest absolute Gasteiger partial charge is 0.0259 e. The molecule has 0 unspecified atom stereocenters. The first-order chi connectivity index (χ1) is 9.84. The molecule has 0 bridgehead atoms. The van der Waals surface area contributed by atoms with Gasteiger partial charge in [-0.25, -0.2) is 5.01 Å². The molecular weight excluding hydrogens is 246 g/mol. The molecule has 0 radical (unpaired) electrons. The maximum atomic E-state index is 3.84. The Labute approximate surface area is 126 Å². The van der Waals surface area contributed by atoms with Crippen molar-refractivity contribution < 1.29 is 0 Å². The minimum Gasteiger partial charge on any atom is -0.304 e. The number of nitrogens with zero attached hydrogens (tertiary/aromatic N) is 2. The Kier molecular flexibility index (Phi) is 7.92. The van der Waals surface area contributed by atoms with Crippen molar-refractivity contribution >= 4 is 0 Å². The molecule has 2 fully saturated rings. The van der Waals surface area contributed by atoms with Gasteiger partial charge in [0.15, 0.2) is 0 Å². The lowest BCUT2D eigenvalue weighted by atomic mass is 9.98. The first kappa shape index (κ1) is 16.3. The van der Waals surface area contributed by atoms with E-state index in [1.54, 1.807) is 0 Å². The van der Waals surface area contributed by atoms with Crippen molar-refractivity contribution in [2.75, 3.05) is 33.2 Å². The average Bonchev–Trinajstić information content (AvgIpc) is 2.44. The predicted molar refractivity (Wildman–Crippen MR) is 86.8 cm³/mol. The maximum Gasteiger partial charge on any atom is 0.0259 e. The topological polar surface area (TPSA) is 18.5 Å². The fourth-order valence-corrected chi connectivity index (χ4v) is 3.49. The Bertz CT molecular complexity index is 224. The van der Waals surface area contributed by atoms with E-state index >= 15 is 0 Å². The van der Waals surface area contributed by atoms with E-state index in [4.69, 9.17) is 0 Å². The first-order valence-corrected chi connectivity index (χ1v) is 9.04. The maximum absolute atomic E-state index is 3.84. The molecule has 1 N–H and O–H groups in total. The van der Waals surface area contributed by atoms with Gasteiger partial charge in [0, 0.05) is 32.2 Å². The average molecular weight is 281 g/mol. The predicted octanol–water partition coefficient (Wildman–Crippen LogP) is 3.41. The Morgan fingerprint density at radius 3 is 1.60 bits per heavy atom. The monoisotopic (exact) mass is 281 g/mol. The summed E-state index contributed by atoms with van der Waals surface area (Å²) in [5.41, 5.74) is 3.84. The minimum absolute atomic E-state index is 0.734. The molecule has 0 amide bonds. The lowest BCUT2D eigenvalue weighted by Gasteiger charge is -2.35. The molecule has 118 valence electrons. The standard InChI is InChI=1S/C17H35N3/c1-19-13-15-20(16-14-19)18-17-11-9-7-5-3-2-4-6-8-10-12-17/h17-18H,2-16H2,1H3. The van der Waals surface area contributed by atoms with Crippen molar-refractivity contribution in [2.24, 2.45) is 0 Å². The van der Waals surface area contributed by atoms with Crippen LogP contribution in [0.3, 0.4) is 0 Å². The van der Waals surface area contributed by atoms with Gasteiger partial charge in [-0.05, 0) is 19.9 Å². The van der Waals surface area contributed by atoms with Crippen molar-refractivity contribution in [1.82, 2.24) is 15.3 Å². The minimum atomic E-state index is 0.734. The quantitative estimate of drug-likeness (QED) is 0.837. The molecule has 0 atom stereocenters. The zero-order valence-corrected chi connectivity index (χ0v) is 13.6. The normalized spacial score (nSPS) is 26.9. The summed E-state index contributed by atoms with van der Waals surface area (Å²) in [4.78, 5) is 2.43. The number of hydrogen-bond acceptors (Lipinski definition) is 3. The fraction of sp³-hybridized carbons (Fsp3) is 1.00. The van der Waals surface area contributed by atoms with E-state index in [-0.39, 0.29) is 0 Å². The molecule has 0 spiro atoms. The van der Waals surface area contributed by atoms with Crippen LogP contribution in [0.25, 0.3) is 0 Å². The number of hydrogen-bond donors (Lipinski definition) is 1. The van der Waals surface area contributed by atoms with Crippen LogP contribution in [0.2, 0.25) is 0 Å². The summed E-state index contributed by atoms with van der Waals surface area (Å²) >= 11 is 0. The van der Waals surface area contributed by atoms with Gasteiger partial charge in [-0.15, -0.1) is 0 Å². The van der Waals surface area contributed by atoms with E-state index in [1.165, 1.54) is 96.8 Å². The van der Waals surface area contributed by atoms with Crippen molar-refractivity contribution in [1.29, 1.82) is 0 Å². The lowest BCUT2D eigenvalue weighted by molar-refractivity contribution is 0.0815. The molecule has 1 aliphatic heterocycles. The molecule has 2 rings (SSSR count). The summed E-state index contributed by atoms with van der Waals surface area (Å²) in [5.74, 6) is 0. The molecule has 1 saturated carbocycles. The van der Waals surface area contributed by atoms with Crippen molar-refractivity contribution in [3.8, 4) is 0 Å². The van der Waals surface area contributed by atoms with E-state index < -0.39 is 0 Å². The molecular formula is C17H35N3. The Hall–Kier alpha value is -0.120. The second-order valence-corrected chi connectivity index (χ2v) is 6.88. The van der Waals surface area contributed by atoms with Crippen molar-refractivity contribution in [3.63, 3.8) is 0 Å². The number of nitrogens with one attached hydrogen (secondary N) is 1. The van der Waals surface area contributed by atoms with Gasteiger partial charge in [0.05, 0.1) is 0 Å². The van der Waals surface area contributed by atoms with Crippen LogP contribution >= 0.6 is 0 Å². The summed E-state index contributed by atoms with van der Waals surface area (Å²) < 4.78 is 0. The fourth-order valence-electron chi connectivity index (χ4n) is 3.49. The van der Waals surface area contributed by atoms with Crippen LogP contribution in [0.5, 0.6) is 0 Å². The van der Waals surface area contributed by atoms with Gasteiger partial charge < -0.3 is 4.90 Å². The van der Waals surface area contributed by atoms with E-state index in [2.05, 4.69) is 22.4 Å². The molecule has 1 saturated heterocycles. The number of rotatable bonds is 2. The van der Waals surface area contributed by atoms with Crippen molar-refractivity contribution in [2.45, 2.75) is 76.7 Å². The Morgan fingerprint density at radius 1 is 0.650 bits per heavy atom. The van der Waals surface area contributed by atoms with Gasteiger partial charge in [-0.3, -0.25) is 5.43 Å². The van der Waals surface area contributed by atoms with Crippen molar-refractivity contribution in [3.05, 3.63) is 0 Å². The number of piperazine rings is 1. The van der Waals surface area contributed by atoms with Gasteiger partial charge in [-0.1, -0.05) is 57.8 Å².